The summed E-state index contributed by atoms with van der Waals surface area (Å²) in [5.74, 6) is -0.838. The average Bonchev–Trinajstić information content (AvgIpc) is 3.71. The van der Waals surface area contributed by atoms with E-state index < -0.39 is 60.4 Å². The fraction of sp³-hybridized carbons (Fsp3) is 0. The first-order chi connectivity index (χ1) is 25.9. The van der Waals surface area contributed by atoms with E-state index in [1.165, 1.54) is 0 Å². The molecule has 0 N–H and O–H groups in total. The predicted octanol–water partition coefficient (Wildman–Crippen LogP) is 9.26. The van der Waals surface area contributed by atoms with Gasteiger partial charge in [-0.3, -0.25) is 4.98 Å². The predicted molar refractivity (Wildman–Crippen MR) is 176 cm³/mol. The zero-order valence-corrected chi connectivity index (χ0v) is 22.6. The van der Waals surface area contributed by atoms with Crippen molar-refractivity contribution in [2.24, 2.45) is 0 Å². The summed E-state index contributed by atoms with van der Waals surface area (Å²) in [5.41, 5.74) is 3.48. The summed E-state index contributed by atoms with van der Waals surface area (Å²) in [5, 5.41) is 4.04. The Morgan fingerprint density at radius 3 is 1.91 bits per heavy atom. The van der Waals surface area contributed by atoms with E-state index >= 15 is 0 Å². The second-order valence-corrected chi connectivity index (χ2v) is 10.0. The van der Waals surface area contributed by atoms with Gasteiger partial charge in [0.25, 0.3) is 0 Å². The van der Waals surface area contributed by atoms with Gasteiger partial charge < -0.3 is 8.98 Å². The minimum Gasteiger partial charge on any atom is -0.456 e. The molecule has 6 nitrogen and oxygen atoms in total. The largest absolute Gasteiger partial charge is 0.456 e. The number of rotatable bonds is 4. The number of para-hydroxylation sites is 2. The van der Waals surface area contributed by atoms with Gasteiger partial charge in [-0.25, -0.2) is 15.0 Å². The van der Waals surface area contributed by atoms with Crippen LogP contribution in [0.4, 0.5) is 0 Å². The Morgan fingerprint density at radius 2 is 1.20 bits per heavy atom. The minimum atomic E-state index is -0.620. The van der Waals surface area contributed by atoms with E-state index in [9.17, 15) is 0 Å². The maximum atomic E-state index is 8.57. The highest BCUT2D eigenvalue weighted by molar-refractivity contribution is 6.17. The normalized spacial score (nSPS) is 14.8. The van der Waals surface area contributed by atoms with E-state index in [0.29, 0.717) is 5.69 Å². The van der Waals surface area contributed by atoms with Gasteiger partial charge in [0.1, 0.15) is 16.9 Å². The molecule has 0 bridgehead atoms. The molecule has 44 heavy (non-hydrogen) atoms. The first kappa shape index (κ1) is 16.5. The molecule has 0 fully saturated rings. The van der Waals surface area contributed by atoms with Crippen LogP contribution in [-0.4, -0.2) is 24.5 Å². The van der Waals surface area contributed by atoms with Crippen LogP contribution in [0.2, 0.25) is 0 Å². The number of furan rings is 1. The molecule has 0 saturated heterocycles. The van der Waals surface area contributed by atoms with E-state index in [4.69, 9.17) is 18.1 Å². The van der Waals surface area contributed by atoms with Crippen molar-refractivity contribution in [1.82, 2.24) is 24.5 Å². The van der Waals surface area contributed by atoms with E-state index in [1.54, 1.807) is 18.3 Å². The number of fused-ring (bicyclic) bond motifs is 6. The van der Waals surface area contributed by atoms with Crippen molar-refractivity contribution < 1.29 is 18.1 Å². The van der Waals surface area contributed by atoms with Crippen LogP contribution >= 0.6 is 0 Å². The lowest BCUT2D eigenvalue weighted by atomic mass is 10.1. The summed E-state index contributed by atoms with van der Waals surface area (Å²) in [7, 11) is 0. The van der Waals surface area contributed by atoms with Gasteiger partial charge in [0, 0.05) is 38.7 Å². The Balaban J connectivity index is 1.25. The highest BCUT2D eigenvalue weighted by atomic mass is 16.3. The van der Waals surface area contributed by atoms with E-state index in [-0.39, 0.29) is 34.3 Å². The topological polar surface area (TPSA) is 69.6 Å². The molecule has 206 valence electrons. The van der Waals surface area contributed by atoms with Crippen LogP contribution in [0, 0.1) is 0 Å². The third kappa shape index (κ3) is 3.89. The molecule has 6 heteroatoms. The van der Waals surface area contributed by atoms with Crippen molar-refractivity contribution >= 4 is 43.7 Å². The van der Waals surface area contributed by atoms with Gasteiger partial charge in [0.05, 0.1) is 36.6 Å². The number of benzene rings is 5. The van der Waals surface area contributed by atoms with Crippen LogP contribution in [0.3, 0.4) is 0 Å². The van der Waals surface area contributed by atoms with Gasteiger partial charge in [-0.05, 0) is 30.3 Å². The molecular weight excluding hydrogens is 542 g/mol. The SMILES string of the molecule is [2H]c1c([2H])c([2H])c(-c2nc(-c3ccc(-n4c5ccccc5c5cc6c(cc54)oc4ccccc46)cn3)nc(-c3c([2H])c([2H])c([2H])c([2H])c3[2H])n2)c([2H])c1[2H]. The summed E-state index contributed by atoms with van der Waals surface area (Å²) in [6, 6.07) is 17.4. The van der Waals surface area contributed by atoms with Gasteiger partial charge in [-0.15, -0.1) is 0 Å². The van der Waals surface area contributed by atoms with Crippen molar-refractivity contribution in [2.75, 3.05) is 0 Å². The summed E-state index contributed by atoms with van der Waals surface area (Å²) in [6.07, 6.45) is 1.61. The van der Waals surface area contributed by atoms with Gasteiger partial charge in [-0.1, -0.05) is 96.8 Å². The van der Waals surface area contributed by atoms with Crippen LogP contribution in [0.1, 0.15) is 13.7 Å². The number of hydrogen-bond acceptors (Lipinski definition) is 5. The van der Waals surface area contributed by atoms with E-state index in [1.807, 2.05) is 48.5 Å². The molecule has 0 spiro atoms. The molecule has 0 radical (unpaired) electrons. The fourth-order valence-electron chi connectivity index (χ4n) is 5.55. The van der Waals surface area contributed by atoms with Crippen molar-refractivity contribution in [3.8, 4) is 40.0 Å². The van der Waals surface area contributed by atoms with Crippen LogP contribution < -0.4 is 0 Å². The lowest BCUT2D eigenvalue weighted by Gasteiger charge is -2.10. The van der Waals surface area contributed by atoms with Crippen molar-refractivity contribution in [2.45, 2.75) is 0 Å². The fourth-order valence-corrected chi connectivity index (χ4v) is 5.55. The third-order valence-electron chi connectivity index (χ3n) is 7.49. The standard InChI is InChI=1S/C38H23N5O/c1-3-11-24(12-4-1)36-40-37(25-13-5-2-6-14-25)42-38(41-36)31-20-19-26(23-39-31)43-32-17-9-7-15-27(32)29-21-30-28-16-8-10-18-34(28)44-35(30)22-33(29)43/h1-23H/i1D,2D,3D,4D,5D,6D,11D,12D,13D,14D. The lowest BCUT2D eigenvalue weighted by molar-refractivity contribution is 0.669. The maximum absolute atomic E-state index is 8.57. The molecule has 0 aliphatic heterocycles. The van der Waals surface area contributed by atoms with Gasteiger partial charge in [0.2, 0.25) is 0 Å². The Bertz CT molecular complexity index is 2920. The number of nitrogens with zero attached hydrogens (tertiary/aromatic N) is 5. The zero-order chi connectivity index (χ0) is 37.7. The maximum Gasteiger partial charge on any atom is 0.182 e. The van der Waals surface area contributed by atoms with Gasteiger partial charge in [0.15, 0.2) is 17.5 Å². The van der Waals surface area contributed by atoms with Crippen molar-refractivity contribution in [1.29, 1.82) is 0 Å². The molecule has 5 aromatic carbocycles. The van der Waals surface area contributed by atoms with E-state index in [0.717, 1.165) is 43.7 Å². The molecule has 0 saturated carbocycles. The monoisotopic (exact) mass is 575 g/mol. The number of pyridine rings is 1. The van der Waals surface area contributed by atoms with E-state index in [2.05, 4.69) is 36.6 Å². The average molecular weight is 576 g/mol. The zero-order valence-electron chi connectivity index (χ0n) is 32.6. The quantitative estimate of drug-likeness (QED) is 0.209. The van der Waals surface area contributed by atoms with Gasteiger partial charge in [-0.2, -0.15) is 0 Å². The molecule has 0 amide bonds. The van der Waals surface area contributed by atoms with Crippen LogP contribution in [-0.2, 0) is 0 Å². The summed E-state index contributed by atoms with van der Waals surface area (Å²) in [4.78, 5) is 18.0. The van der Waals surface area contributed by atoms with Crippen LogP contribution in [0.15, 0.2) is 144 Å². The molecule has 0 aliphatic rings. The molecular formula is C38H23N5O. The molecule has 0 aliphatic carbocycles. The molecule has 0 atom stereocenters. The highest BCUT2D eigenvalue weighted by Crippen LogP contribution is 2.38. The summed E-state index contributed by atoms with van der Waals surface area (Å²) < 4.78 is 91.5. The van der Waals surface area contributed by atoms with Gasteiger partial charge >= 0.3 is 0 Å². The number of aromatic nitrogens is 5. The van der Waals surface area contributed by atoms with Crippen molar-refractivity contribution in [3.63, 3.8) is 0 Å². The second-order valence-electron chi connectivity index (χ2n) is 10.0. The van der Waals surface area contributed by atoms with Crippen LogP contribution in [0.25, 0.3) is 83.7 Å². The summed E-state index contributed by atoms with van der Waals surface area (Å²) in [6.45, 7) is 0. The molecule has 9 rings (SSSR count). The number of hydrogen-bond donors (Lipinski definition) is 0. The smallest absolute Gasteiger partial charge is 0.182 e. The molecule has 9 aromatic rings. The van der Waals surface area contributed by atoms with Crippen LogP contribution in [0.5, 0.6) is 0 Å². The minimum absolute atomic E-state index is 0.119. The molecule has 4 aromatic heterocycles. The Kier molecular flexibility index (Phi) is 3.64. The second kappa shape index (κ2) is 9.71. The Morgan fingerprint density at radius 1 is 0.545 bits per heavy atom. The molecule has 4 heterocycles. The first-order valence-corrected chi connectivity index (χ1v) is 13.7. The third-order valence-corrected chi connectivity index (χ3v) is 7.49. The summed E-state index contributed by atoms with van der Waals surface area (Å²) >= 11 is 0. The Labute approximate surface area is 266 Å². The molecule has 0 unspecified atom stereocenters. The first-order valence-electron chi connectivity index (χ1n) is 18.7. The lowest BCUT2D eigenvalue weighted by Crippen LogP contribution is -2.02. The highest BCUT2D eigenvalue weighted by Gasteiger charge is 2.17. The van der Waals surface area contributed by atoms with Crippen molar-refractivity contribution in [3.05, 3.63) is 139 Å². The Hall–Kier alpha value is -6.14.